The van der Waals surface area contributed by atoms with E-state index in [1.165, 1.54) is 51.5 Å². The van der Waals surface area contributed by atoms with Crippen molar-refractivity contribution < 1.29 is 4.74 Å². The van der Waals surface area contributed by atoms with Crippen molar-refractivity contribution in [2.45, 2.75) is 57.1 Å². The highest BCUT2D eigenvalue weighted by molar-refractivity contribution is 5.18. The molecule has 1 heterocycles. The standard InChI is InChI=1S/C14H23NO/c1-3-10(4-1)9-15-12-11-5-8-16-13(11)14(12)6-2-7-14/h10-13,15H,1-9H2. The topological polar surface area (TPSA) is 21.3 Å². The Balaban J connectivity index is 1.41. The molecule has 1 spiro atoms. The van der Waals surface area contributed by atoms with E-state index in [1.807, 2.05) is 0 Å². The van der Waals surface area contributed by atoms with Crippen molar-refractivity contribution in [3.05, 3.63) is 0 Å². The molecule has 0 aromatic heterocycles. The Hall–Kier alpha value is -0.0800. The summed E-state index contributed by atoms with van der Waals surface area (Å²) >= 11 is 0. The van der Waals surface area contributed by atoms with Crippen LogP contribution >= 0.6 is 0 Å². The second-order valence-corrected chi connectivity index (χ2v) is 6.51. The summed E-state index contributed by atoms with van der Waals surface area (Å²) in [4.78, 5) is 0. The normalized spacial score (nSPS) is 44.6. The minimum atomic E-state index is 0.588. The third-order valence-corrected chi connectivity index (χ3v) is 5.89. The van der Waals surface area contributed by atoms with E-state index in [0.29, 0.717) is 11.5 Å². The van der Waals surface area contributed by atoms with Crippen LogP contribution < -0.4 is 5.32 Å². The Bertz CT molecular complexity index is 282. The van der Waals surface area contributed by atoms with Gasteiger partial charge in [-0.25, -0.2) is 0 Å². The summed E-state index contributed by atoms with van der Waals surface area (Å²) in [6.07, 6.45) is 10.7. The number of hydrogen-bond acceptors (Lipinski definition) is 2. The van der Waals surface area contributed by atoms with Crippen molar-refractivity contribution in [3.63, 3.8) is 0 Å². The van der Waals surface area contributed by atoms with E-state index in [4.69, 9.17) is 4.74 Å². The molecule has 3 saturated carbocycles. The maximum absolute atomic E-state index is 5.95. The van der Waals surface area contributed by atoms with Crippen LogP contribution in [0.3, 0.4) is 0 Å². The fourth-order valence-electron chi connectivity index (χ4n) is 4.55. The zero-order valence-electron chi connectivity index (χ0n) is 10.1. The van der Waals surface area contributed by atoms with Crippen LogP contribution in [0.15, 0.2) is 0 Å². The van der Waals surface area contributed by atoms with Gasteiger partial charge >= 0.3 is 0 Å². The van der Waals surface area contributed by atoms with Gasteiger partial charge in [-0.3, -0.25) is 0 Å². The molecule has 0 amide bonds. The van der Waals surface area contributed by atoms with Gasteiger partial charge in [0, 0.05) is 24.0 Å². The van der Waals surface area contributed by atoms with E-state index < -0.39 is 0 Å². The van der Waals surface area contributed by atoms with E-state index in [1.54, 1.807) is 0 Å². The molecule has 0 bridgehead atoms. The second-order valence-electron chi connectivity index (χ2n) is 6.51. The van der Waals surface area contributed by atoms with Crippen molar-refractivity contribution in [2.24, 2.45) is 17.3 Å². The van der Waals surface area contributed by atoms with E-state index >= 15 is 0 Å². The summed E-state index contributed by atoms with van der Waals surface area (Å²) in [5.74, 6) is 1.86. The fraction of sp³-hybridized carbons (Fsp3) is 1.00. The summed E-state index contributed by atoms with van der Waals surface area (Å²) in [5.41, 5.74) is 0.588. The van der Waals surface area contributed by atoms with Crippen LogP contribution in [-0.4, -0.2) is 25.3 Å². The molecular formula is C14H23NO. The Morgan fingerprint density at radius 3 is 2.62 bits per heavy atom. The molecule has 90 valence electrons. The third-order valence-electron chi connectivity index (χ3n) is 5.89. The molecule has 2 nitrogen and oxygen atoms in total. The van der Waals surface area contributed by atoms with E-state index in [2.05, 4.69) is 5.32 Å². The fourth-order valence-corrected chi connectivity index (χ4v) is 4.55. The number of fused-ring (bicyclic) bond motifs is 2. The lowest BCUT2D eigenvalue weighted by Gasteiger charge is -2.63. The molecule has 4 fully saturated rings. The lowest BCUT2D eigenvalue weighted by Crippen LogP contribution is -2.71. The van der Waals surface area contributed by atoms with Crippen molar-refractivity contribution in [2.75, 3.05) is 13.2 Å². The van der Waals surface area contributed by atoms with Crippen molar-refractivity contribution in [1.82, 2.24) is 5.32 Å². The molecule has 4 rings (SSSR count). The van der Waals surface area contributed by atoms with Crippen molar-refractivity contribution >= 4 is 0 Å². The first-order chi connectivity index (χ1) is 7.90. The zero-order chi connectivity index (χ0) is 10.6. The van der Waals surface area contributed by atoms with Gasteiger partial charge in [0.1, 0.15) is 0 Å². The monoisotopic (exact) mass is 221 g/mol. The average Bonchev–Trinajstić information content (AvgIpc) is 2.52. The first-order valence-electron chi connectivity index (χ1n) is 7.25. The molecule has 0 aromatic carbocycles. The van der Waals surface area contributed by atoms with Gasteiger partial charge in [0.05, 0.1) is 6.10 Å². The van der Waals surface area contributed by atoms with Crippen LogP contribution in [-0.2, 0) is 4.74 Å². The van der Waals surface area contributed by atoms with Gasteiger partial charge in [-0.05, 0) is 44.6 Å². The predicted molar refractivity (Wildman–Crippen MR) is 63.3 cm³/mol. The number of hydrogen-bond donors (Lipinski definition) is 1. The summed E-state index contributed by atoms with van der Waals surface area (Å²) in [5, 5.41) is 3.91. The third kappa shape index (κ3) is 1.15. The Kier molecular flexibility index (Phi) is 2.14. The number of rotatable bonds is 3. The molecule has 0 radical (unpaired) electrons. The smallest absolute Gasteiger partial charge is 0.0690 e. The molecule has 16 heavy (non-hydrogen) atoms. The summed E-state index contributed by atoms with van der Waals surface area (Å²) in [6.45, 7) is 2.31. The lowest BCUT2D eigenvalue weighted by atomic mass is 9.46. The summed E-state index contributed by atoms with van der Waals surface area (Å²) in [6, 6.07) is 0.814. The zero-order valence-corrected chi connectivity index (χ0v) is 10.1. The average molecular weight is 221 g/mol. The van der Waals surface area contributed by atoms with Gasteiger partial charge in [0.15, 0.2) is 0 Å². The highest BCUT2D eigenvalue weighted by atomic mass is 16.5. The number of ether oxygens (including phenoxy) is 1. The van der Waals surface area contributed by atoms with Gasteiger partial charge in [-0.1, -0.05) is 12.8 Å². The molecule has 0 aromatic rings. The van der Waals surface area contributed by atoms with Crippen LogP contribution in [0.1, 0.15) is 44.9 Å². The van der Waals surface area contributed by atoms with E-state index in [-0.39, 0.29) is 0 Å². The molecule has 4 aliphatic rings. The minimum Gasteiger partial charge on any atom is -0.377 e. The molecule has 3 unspecified atom stereocenters. The molecular weight excluding hydrogens is 198 g/mol. The van der Waals surface area contributed by atoms with E-state index in [9.17, 15) is 0 Å². The Morgan fingerprint density at radius 1 is 1.12 bits per heavy atom. The van der Waals surface area contributed by atoms with Crippen molar-refractivity contribution in [3.8, 4) is 0 Å². The van der Waals surface area contributed by atoms with Crippen molar-refractivity contribution in [1.29, 1.82) is 0 Å². The van der Waals surface area contributed by atoms with Crippen LogP contribution in [0.4, 0.5) is 0 Å². The predicted octanol–water partition coefficient (Wildman–Crippen LogP) is 2.33. The molecule has 1 aliphatic heterocycles. The SMILES string of the molecule is C1CC(CNC2C3CCOC3C23CCC3)C1. The highest BCUT2D eigenvalue weighted by Gasteiger charge is 2.66. The van der Waals surface area contributed by atoms with E-state index in [0.717, 1.165) is 24.5 Å². The Morgan fingerprint density at radius 2 is 2.00 bits per heavy atom. The Labute approximate surface area is 98.1 Å². The second kappa shape index (κ2) is 3.46. The first-order valence-corrected chi connectivity index (χ1v) is 7.25. The summed E-state index contributed by atoms with van der Waals surface area (Å²) in [7, 11) is 0. The van der Waals surface area contributed by atoms with Crippen LogP contribution in [0.5, 0.6) is 0 Å². The lowest BCUT2D eigenvalue weighted by molar-refractivity contribution is -0.176. The molecule has 3 atom stereocenters. The van der Waals surface area contributed by atoms with Crippen LogP contribution in [0.25, 0.3) is 0 Å². The maximum atomic E-state index is 5.95. The quantitative estimate of drug-likeness (QED) is 0.790. The van der Waals surface area contributed by atoms with Gasteiger partial charge in [0.2, 0.25) is 0 Å². The first kappa shape index (κ1) is 9.90. The molecule has 1 N–H and O–H groups in total. The largest absolute Gasteiger partial charge is 0.377 e. The maximum Gasteiger partial charge on any atom is 0.0690 e. The molecule has 1 saturated heterocycles. The van der Waals surface area contributed by atoms with Gasteiger partial charge in [0.25, 0.3) is 0 Å². The molecule has 3 aliphatic carbocycles. The van der Waals surface area contributed by atoms with Gasteiger partial charge in [-0.2, -0.15) is 0 Å². The summed E-state index contributed by atoms with van der Waals surface area (Å²) < 4.78 is 5.95. The van der Waals surface area contributed by atoms with Gasteiger partial charge < -0.3 is 10.1 Å². The minimum absolute atomic E-state index is 0.588. The highest BCUT2D eigenvalue weighted by Crippen LogP contribution is 2.62. The van der Waals surface area contributed by atoms with Crippen LogP contribution in [0.2, 0.25) is 0 Å². The molecule has 2 heteroatoms. The number of nitrogens with one attached hydrogen (secondary N) is 1. The van der Waals surface area contributed by atoms with Crippen LogP contribution in [0, 0.1) is 17.3 Å². The van der Waals surface area contributed by atoms with Gasteiger partial charge in [-0.15, -0.1) is 0 Å².